The highest BCUT2D eigenvalue weighted by molar-refractivity contribution is 5.81. The fraction of sp³-hybridized carbons (Fsp3) is 0.900. The van der Waals surface area contributed by atoms with Crippen molar-refractivity contribution in [3.05, 3.63) is 0 Å². The summed E-state index contributed by atoms with van der Waals surface area (Å²) in [7, 11) is 1.63. The summed E-state index contributed by atoms with van der Waals surface area (Å²) in [5, 5.41) is 2.86. The van der Waals surface area contributed by atoms with Crippen LogP contribution in [0.2, 0.25) is 0 Å². The van der Waals surface area contributed by atoms with E-state index in [0.29, 0.717) is 6.61 Å². The highest BCUT2D eigenvalue weighted by Gasteiger charge is 2.15. The van der Waals surface area contributed by atoms with Gasteiger partial charge in [0.2, 0.25) is 5.91 Å². The molecule has 4 heteroatoms. The molecule has 0 radical (unpaired) electrons. The van der Waals surface area contributed by atoms with Crippen LogP contribution in [0.3, 0.4) is 0 Å². The van der Waals surface area contributed by atoms with Gasteiger partial charge < -0.3 is 15.8 Å². The van der Waals surface area contributed by atoms with E-state index in [4.69, 9.17) is 10.5 Å². The van der Waals surface area contributed by atoms with Crippen LogP contribution in [-0.4, -0.2) is 31.7 Å². The molecule has 0 aromatic carbocycles. The molecule has 0 fully saturated rings. The van der Waals surface area contributed by atoms with Gasteiger partial charge in [-0.25, -0.2) is 0 Å². The largest absolute Gasteiger partial charge is 0.383 e. The quantitative estimate of drug-likeness (QED) is 0.637. The smallest absolute Gasteiger partial charge is 0.237 e. The predicted molar refractivity (Wildman–Crippen MR) is 57.0 cm³/mol. The third-order valence-electron chi connectivity index (χ3n) is 2.14. The first-order valence-corrected chi connectivity index (χ1v) is 5.20. The van der Waals surface area contributed by atoms with E-state index in [2.05, 4.69) is 5.32 Å². The standard InChI is InChI=1S/C10H22N2O2/c1-4-6-9(11)10(13)12-8(5-2)7-14-3/h8-9H,4-7,11H2,1-3H3,(H,12,13). The Kier molecular flexibility index (Phi) is 7.42. The molecule has 0 aromatic rings. The van der Waals surface area contributed by atoms with Gasteiger partial charge in [0.1, 0.15) is 0 Å². The second-order valence-corrected chi connectivity index (χ2v) is 3.46. The van der Waals surface area contributed by atoms with Gasteiger partial charge in [-0.1, -0.05) is 20.3 Å². The van der Waals surface area contributed by atoms with E-state index in [1.807, 2.05) is 13.8 Å². The van der Waals surface area contributed by atoms with E-state index in [1.165, 1.54) is 0 Å². The molecule has 0 aromatic heterocycles. The predicted octanol–water partition coefficient (Wildman–Crippen LogP) is 0.655. The lowest BCUT2D eigenvalue weighted by Crippen LogP contribution is -2.46. The van der Waals surface area contributed by atoms with Gasteiger partial charge in [0.05, 0.1) is 18.7 Å². The number of nitrogens with one attached hydrogen (secondary N) is 1. The van der Waals surface area contributed by atoms with Crippen molar-refractivity contribution >= 4 is 5.91 Å². The van der Waals surface area contributed by atoms with Crippen molar-refractivity contribution in [3.63, 3.8) is 0 Å². The minimum absolute atomic E-state index is 0.0734. The summed E-state index contributed by atoms with van der Waals surface area (Å²) in [6.45, 7) is 4.57. The van der Waals surface area contributed by atoms with Crippen LogP contribution >= 0.6 is 0 Å². The summed E-state index contributed by atoms with van der Waals surface area (Å²) in [6.07, 6.45) is 2.52. The van der Waals surface area contributed by atoms with Crippen molar-refractivity contribution < 1.29 is 9.53 Å². The van der Waals surface area contributed by atoms with Crippen molar-refractivity contribution in [1.82, 2.24) is 5.32 Å². The Hall–Kier alpha value is -0.610. The zero-order chi connectivity index (χ0) is 11.0. The lowest BCUT2D eigenvalue weighted by Gasteiger charge is -2.18. The third kappa shape index (κ3) is 5.19. The monoisotopic (exact) mass is 202 g/mol. The number of hydrogen-bond acceptors (Lipinski definition) is 3. The molecule has 0 aliphatic rings. The van der Waals surface area contributed by atoms with Crippen LogP contribution in [0, 0.1) is 0 Å². The van der Waals surface area contributed by atoms with Crippen LogP contribution in [0.5, 0.6) is 0 Å². The van der Waals surface area contributed by atoms with Gasteiger partial charge in [-0.3, -0.25) is 4.79 Å². The summed E-state index contributed by atoms with van der Waals surface area (Å²) in [5.41, 5.74) is 5.67. The van der Waals surface area contributed by atoms with Crippen LogP contribution in [0.4, 0.5) is 0 Å². The molecule has 0 rings (SSSR count). The molecule has 1 amide bonds. The minimum atomic E-state index is -0.383. The normalized spacial score (nSPS) is 14.9. The second kappa shape index (κ2) is 7.76. The molecule has 0 heterocycles. The van der Waals surface area contributed by atoms with Crippen molar-refractivity contribution in [3.8, 4) is 0 Å². The number of rotatable bonds is 7. The fourth-order valence-electron chi connectivity index (χ4n) is 1.21. The van der Waals surface area contributed by atoms with Gasteiger partial charge in [0, 0.05) is 7.11 Å². The summed E-state index contributed by atoms with van der Waals surface area (Å²) < 4.78 is 4.98. The van der Waals surface area contributed by atoms with Crippen LogP contribution in [0.1, 0.15) is 33.1 Å². The SMILES string of the molecule is CCCC(N)C(=O)NC(CC)COC. The van der Waals surface area contributed by atoms with Gasteiger partial charge in [-0.05, 0) is 12.8 Å². The van der Waals surface area contributed by atoms with Gasteiger partial charge in [0.25, 0.3) is 0 Å². The van der Waals surface area contributed by atoms with Crippen LogP contribution in [-0.2, 0) is 9.53 Å². The average molecular weight is 202 g/mol. The van der Waals surface area contributed by atoms with Crippen LogP contribution < -0.4 is 11.1 Å². The maximum atomic E-state index is 11.5. The van der Waals surface area contributed by atoms with Crippen molar-refractivity contribution in [2.24, 2.45) is 5.73 Å². The Balaban J connectivity index is 3.88. The number of carbonyl (C=O) groups is 1. The molecule has 14 heavy (non-hydrogen) atoms. The fourth-order valence-corrected chi connectivity index (χ4v) is 1.21. The van der Waals surface area contributed by atoms with Crippen molar-refractivity contribution in [1.29, 1.82) is 0 Å². The first-order valence-electron chi connectivity index (χ1n) is 5.20. The second-order valence-electron chi connectivity index (χ2n) is 3.46. The maximum Gasteiger partial charge on any atom is 0.237 e. The Labute approximate surface area is 86.2 Å². The lowest BCUT2D eigenvalue weighted by molar-refractivity contribution is -0.123. The Bertz CT molecular complexity index is 162. The van der Waals surface area contributed by atoms with Crippen LogP contribution in [0.15, 0.2) is 0 Å². The maximum absolute atomic E-state index is 11.5. The van der Waals surface area contributed by atoms with E-state index in [1.54, 1.807) is 7.11 Å². The Morgan fingerprint density at radius 3 is 2.57 bits per heavy atom. The van der Waals surface area contributed by atoms with Crippen LogP contribution in [0.25, 0.3) is 0 Å². The highest BCUT2D eigenvalue weighted by atomic mass is 16.5. The molecule has 4 nitrogen and oxygen atoms in total. The minimum Gasteiger partial charge on any atom is -0.383 e. The van der Waals surface area contributed by atoms with Crippen molar-refractivity contribution in [2.75, 3.05) is 13.7 Å². The zero-order valence-corrected chi connectivity index (χ0v) is 9.38. The van der Waals surface area contributed by atoms with E-state index in [9.17, 15) is 4.79 Å². The van der Waals surface area contributed by atoms with E-state index >= 15 is 0 Å². The third-order valence-corrected chi connectivity index (χ3v) is 2.14. The number of ether oxygens (including phenoxy) is 1. The molecular weight excluding hydrogens is 180 g/mol. The van der Waals surface area contributed by atoms with E-state index < -0.39 is 0 Å². The molecule has 0 saturated carbocycles. The molecule has 0 aliphatic carbocycles. The lowest BCUT2D eigenvalue weighted by atomic mass is 10.1. The molecular formula is C10H22N2O2. The first kappa shape index (κ1) is 13.4. The highest BCUT2D eigenvalue weighted by Crippen LogP contribution is 1.96. The summed E-state index contributed by atoms with van der Waals surface area (Å²) >= 11 is 0. The summed E-state index contributed by atoms with van der Waals surface area (Å²) in [6, 6.07) is -0.304. The average Bonchev–Trinajstić information content (AvgIpc) is 2.17. The molecule has 0 spiro atoms. The molecule has 84 valence electrons. The number of hydrogen-bond donors (Lipinski definition) is 2. The molecule has 0 saturated heterocycles. The molecule has 0 bridgehead atoms. The topological polar surface area (TPSA) is 64.4 Å². The zero-order valence-electron chi connectivity index (χ0n) is 9.38. The van der Waals surface area contributed by atoms with Gasteiger partial charge in [-0.2, -0.15) is 0 Å². The summed E-state index contributed by atoms with van der Waals surface area (Å²) in [5.74, 6) is -0.0734. The Morgan fingerprint density at radius 2 is 2.14 bits per heavy atom. The molecule has 2 atom stereocenters. The number of methoxy groups -OCH3 is 1. The van der Waals surface area contributed by atoms with E-state index in [0.717, 1.165) is 19.3 Å². The summed E-state index contributed by atoms with van der Waals surface area (Å²) in [4.78, 5) is 11.5. The molecule has 0 aliphatic heterocycles. The first-order chi connectivity index (χ1) is 6.65. The van der Waals surface area contributed by atoms with Gasteiger partial charge in [0.15, 0.2) is 0 Å². The number of carbonyl (C=O) groups excluding carboxylic acids is 1. The van der Waals surface area contributed by atoms with Crippen molar-refractivity contribution in [2.45, 2.75) is 45.2 Å². The number of nitrogens with two attached hydrogens (primary N) is 1. The Morgan fingerprint density at radius 1 is 1.50 bits per heavy atom. The molecule has 3 N–H and O–H groups in total. The number of amides is 1. The van der Waals surface area contributed by atoms with Gasteiger partial charge in [-0.15, -0.1) is 0 Å². The van der Waals surface area contributed by atoms with Gasteiger partial charge >= 0.3 is 0 Å². The van der Waals surface area contributed by atoms with E-state index in [-0.39, 0.29) is 18.0 Å². The molecule has 2 unspecified atom stereocenters.